The predicted octanol–water partition coefficient (Wildman–Crippen LogP) is 2.90. The number of hydrogen-bond acceptors (Lipinski definition) is 4. The lowest BCUT2D eigenvalue weighted by molar-refractivity contribution is 0.0701. The van der Waals surface area contributed by atoms with E-state index in [9.17, 15) is 9.59 Å². The van der Waals surface area contributed by atoms with Gasteiger partial charge in [0.1, 0.15) is 9.71 Å². The van der Waals surface area contributed by atoms with Crippen LogP contribution in [0, 0.1) is 12.8 Å². The fraction of sp³-hybridized carbons (Fsp3) is 0.500. The van der Waals surface area contributed by atoms with Gasteiger partial charge < -0.3 is 5.11 Å². The molecule has 20 heavy (non-hydrogen) atoms. The SMILES string of the molecule is CCC(CC)Cn1cnc2sc(C(=O)O)c(C)c2c1=O. The first-order valence-corrected chi connectivity index (χ1v) is 7.53. The zero-order chi connectivity index (χ0) is 14.9. The molecule has 2 rings (SSSR count). The van der Waals surface area contributed by atoms with Crippen molar-refractivity contribution in [2.24, 2.45) is 5.92 Å². The number of carboxylic acids is 1. The minimum absolute atomic E-state index is 0.136. The number of hydrogen-bond donors (Lipinski definition) is 1. The van der Waals surface area contributed by atoms with E-state index in [2.05, 4.69) is 18.8 Å². The van der Waals surface area contributed by atoms with Gasteiger partial charge in [-0.25, -0.2) is 9.78 Å². The van der Waals surface area contributed by atoms with Crippen molar-refractivity contribution in [3.63, 3.8) is 0 Å². The second-order valence-electron chi connectivity index (χ2n) is 4.93. The van der Waals surface area contributed by atoms with Crippen molar-refractivity contribution in [1.82, 2.24) is 9.55 Å². The lowest BCUT2D eigenvalue weighted by Crippen LogP contribution is -2.24. The van der Waals surface area contributed by atoms with Crippen molar-refractivity contribution in [3.8, 4) is 0 Å². The molecule has 0 unspecified atom stereocenters. The molecule has 0 aliphatic rings. The van der Waals surface area contributed by atoms with Crippen LogP contribution in [0.3, 0.4) is 0 Å². The van der Waals surface area contributed by atoms with Gasteiger partial charge in [-0.15, -0.1) is 11.3 Å². The molecule has 2 aromatic rings. The van der Waals surface area contributed by atoms with Gasteiger partial charge in [0.05, 0.1) is 11.7 Å². The standard InChI is InChI=1S/C14H18N2O3S/c1-4-9(5-2)6-16-7-15-12-10(13(16)17)8(3)11(20-12)14(18)19/h7,9H,4-6H2,1-3H3,(H,18,19). The van der Waals surface area contributed by atoms with Crippen molar-refractivity contribution in [1.29, 1.82) is 0 Å². The molecule has 5 nitrogen and oxygen atoms in total. The fourth-order valence-corrected chi connectivity index (χ4v) is 3.30. The van der Waals surface area contributed by atoms with E-state index in [0.717, 1.165) is 24.2 Å². The second kappa shape index (κ2) is 5.75. The number of aromatic carboxylic acids is 1. The van der Waals surface area contributed by atoms with Gasteiger partial charge in [0.15, 0.2) is 0 Å². The van der Waals surface area contributed by atoms with Crippen molar-refractivity contribution in [2.45, 2.75) is 40.2 Å². The normalized spacial score (nSPS) is 11.4. The molecule has 0 fully saturated rings. The number of nitrogens with zero attached hydrogens (tertiary/aromatic N) is 2. The molecule has 0 saturated heterocycles. The summed E-state index contributed by atoms with van der Waals surface area (Å²) in [7, 11) is 0. The Morgan fingerprint density at radius 1 is 1.45 bits per heavy atom. The highest BCUT2D eigenvalue weighted by molar-refractivity contribution is 7.20. The van der Waals surface area contributed by atoms with Crippen LogP contribution in [0.5, 0.6) is 0 Å². The van der Waals surface area contributed by atoms with Crippen LogP contribution in [0.2, 0.25) is 0 Å². The lowest BCUT2D eigenvalue weighted by Gasteiger charge is -2.13. The Hall–Kier alpha value is -1.69. The smallest absolute Gasteiger partial charge is 0.346 e. The molecule has 2 aromatic heterocycles. The minimum Gasteiger partial charge on any atom is -0.477 e. The molecule has 0 saturated carbocycles. The summed E-state index contributed by atoms with van der Waals surface area (Å²) < 4.78 is 1.60. The molecule has 0 aliphatic heterocycles. The van der Waals surface area contributed by atoms with Crippen molar-refractivity contribution >= 4 is 27.5 Å². The third-order valence-corrected chi connectivity index (χ3v) is 4.91. The molecule has 0 aliphatic carbocycles. The third kappa shape index (κ3) is 2.47. The third-order valence-electron chi connectivity index (χ3n) is 3.72. The van der Waals surface area contributed by atoms with Crippen LogP contribution >= 0.6 is 11.3 Å². The maximum absolute atomic E-state index is 12.5. The number of fused-ring (bicyclic) bond motifs is 1. The number of aromatic nitrogens is 2. The molecule has 0 atom stereocenters. The number of thiophene rings is 1. The van der Waals surface area contributed by atoms with Gasteiger partial charge in [0.25, 0.3) is 5.56 Å². The van der Waals surface area contributed by atoms with Crippen LogP contribution in [0.1, 0.15) is 41.9 Å². The molecule has 1 N–H and O–H groups in total. The van der Waals surface area contributed by atoms with E-state index in [1.165, 1.54) is 6.33 Å². The van der Waals surface area contributed by atoms with E-state index >= 15 is 0 Å². The molecule has 0 bridgehead atoms. The molecular formula is C14H18N2O3S. The first-order chi connectivity index (χ1) is 9.49. The zero-order valence-electron chi connectivity index (χ0n) is 11.8. The van der Waals surface area contributed by atoms with E-state index in [-0.39, 0.29) is 10.4 Å². The highest BCUT2D eigenvalue weighted by Gasteiger charge is 2.19. The minimum atomic E-state index is -1.00. The zero-order valence-corrected chi connectivity index (χ0v) is 12.7. The first-order valence-electron chi connectivity index (χ1n) is 6.71. The Morgan fingerprint density at radius 2 is 2.10 bits per heavy atom. The van der Waals surface area contributed by atoms with Gasteiger partial charge in [-0.2, -0.15) is 0 Å². The van der Waals surface area contributed by atoms with Crippen molar-refractivity contribution in [2.75, 3.05) is 0 Å². The predicted molar refractivity (Wildman–Crippen MR) is 79.6 cm³/mol. The van der Waals surface area contributed by atoms with Crippen molar-refractivity contribution in [3.05, 3.63) is 27.1 Å². The van der Waals surface area contributed by atoms with E-state index in [0.29, 0.717) is 28.2 Å². The summed E-state index contributed by atoms with van der Waals surface area (Å²) in [6, 6.07) is 0. The summed E-state index contributed by atoms with van der Waals surface area (Å²) in [4.78, 5) is 28.6. The van der Waals surface area contributed by atoms with Gasteiger partial charge >= 0.3 is 5.97 Å². The van der Waals surface area contributed by atoms with Gasteiger partial charge in [-0.3, -0.25) is 9.36 Å². The topological polar surface area (TPSA) is 72.2 Å². The fourth-order valence-electron chi connectivity index (χ4n) is 2.32. The van der Waals surface area contributed by atoms with Crippen LogP contribution in [0.25, 0.3) is 10.2 Å². The van der Waals surface area contributed by atoms with E-state index in [4.69, 9.17) is 5.11 Å². The van der Waals surface area contributed by atoms with Crippen LogP contribution in [0.4, 0.5) is 0 Å². The molecule has 0 aromatic carbocycles. The Morgan fingerprint density at radius 3 is 2.65 bits per heavy atom. The molecule has 0 spiro atoms. The summed E-state index contributed by atoms with van der Waals surface area (Å²) in [6.45, 7) is 6.51. The van der Waals surface area contributed by atoms with Gasteiger partial charge in [0.2, 0.25) is 0 Å². The van der Waals surface area contributed by atoms with Crippen LogP contribution in [0.15, 0.2) is 11.1 Å². The number of carbonyl (C=O) groups is 1. The summed E-state index contributed by atoms with van der Waals surface area (Å²) in [5, 5.41) is 9.57. The Bertz CT molecular complexity index is 698. The Balaban J connectivity index is 2.56. The second-order valence-corrected chi connectivity index (χ2v) is 5.93. The quantitative estimate of drug-likeness (QED) is 0.920. The van der Waals surface area contributed by atoms with Crippen LogP contribution < -0.4 is 5.56 Å². The molecule has 0 amide bonds. The molecule has 2 heterocycles. The number of rotatable bonds is 5. The average Bonchev–Trinajstić information content (AvgIpc) is 2.76. The first kappa shape index (κ1) is 14.7. The largest absolute Gasteiger partial charge is 0.477 e. The summed E-state index contributed by atoms with van der Waals surface area (Å²) in [5.41, 5.74) is 0.386. The maximum atomic E-state index is 12.5. The average molecular weight is 294 g/mol. The monoisotopic (exact) mass is 294 g/mol. The number of carboxylic acid groups (broad SMARTS) is 1. The molecular weight excluding hydrogens is 276 g/mol. The van der Waals surface area contributed by atoms with Gasteiger partial charge in [-0.05, 0) is 18.4 Å². The van der Waals surface area contributed by atoms with E-state index in [1.807, 2.05) is 0 Å². The van der Waals surface area contributed by atoms with Crippen LogP contribution in [-0.4, -0.2) is 20.6 Å². The van der Waals surface area contributed by atoms with Crippen molar-refractivity contribution < 1.29 is 9.90 Å². The summed E-state index contributed by atoms with van der Waals surface area (Å²) in [5.74, 6) is -0.568. The molecule has 6 heteroatoms. The van der Waals surface area contributed by atoms with E-state index < -0.39 is 5.97 Å². The number of aryl methyl sites for hydroxylation is 1. The molecule has 0 radical (unpaired) electrons. The summed E-state index contributed by atoms with van der Waals surface area (Å²) >= 11 is 1.06. The van der Waals surface area contributed by atoms with Gasteiger partial charge in [-0.1, -0.05) is 26.7 Å². The maximum Gasteiger partial charge on any atom is 0.346 e. The molecule has 108 valence electrons. The highest BCUT2D eigenvalue weighted by Crippen LogP contribution is 2.26. The van der Waals surface area contributed by atoms with E-state index in [1.54, 1.807) is 11.5 Å². The van der Waals surface area contributed by atoms with Gasteiger partial charge in [0, 0.05) is 6.54 Å². The lowest BCUT2D eigenvalue weighted by atomic mass is 10.0. The summed E-state index contributed by atoms with van der Waals surface area (Å²) in [6.07, 6.45) is 3.54. The van der Waals surface area contributed by atoms with Crippen LogP contribution in [-0.2, 0) is 6.54 Å². The highest BCUT2D eigenvalue weighted by atomic mass is 32.1. The Labute approximate surface area is 120 Å². The Kier molecular flexibility index (Phi) is 4.23.